The average Bonchev–Trinajstić information content (AvgIpc) is 2.47. The normalized spacial score (nSPS) is 10.4. The summed E-state index contributed by atoms with van der Waals surface area (Å²) in [6.45, 7) is 1.89. The van der Waals surface area contributed by atoms with Crippen molar-refractivity contribution in [3.63, 3.8) is 0 Å². The molecule has 0 aliphatic carbocycles. The summed E-state index contributed by atoms with van der Waals surface area (Å²) in [6, 6.07) is 5.60. The molecule has 0 unspecified atom stereocenters. The van der Waals surface area contributed by atoms with Gasteiger partial charge in [-0.15, -0.1) is 0 Å². The minimum atomic E-state index is 0.571. The fourth-order valence-electron chi connectivity index (χ4n) is 1.18. The van der Waals surface area contributed by atoms with Crippen molar-refractivity contribution in [3.05, 3.63) is 34.6 Å². The number of hydrogen-bond donors (Lipinski definition) is 1. The lowest BCUT2D eigenvalue weighted by molar-refractivity contribution is 0.841. The van der Waals surface area contributed by atoms with Gasteiger partial charge in [-0.2, -0.15) is 9.78 Å². The molecule has 0 atom stereocenters. The van der Waals surface area contributed by atoms with Crippen LogP contribution >= 0.6 is 15.9 Å². The number of rotatable bonds is 1. The summed E-state index contributed by atoms with van der Waals surface area (Å²) in [5, 5.41) is 4.26. The highest BCUT2D eigenvalue weighted by atomic mass is 79.9. The van der Waals surface area contributed by atoms with E-state index in [0.29, 0.717) is 5.82 Å². The molecule has 5 heteroatoms. The molecule has 14 heavy (non-hydrogen) atoms. The molecule has 0 amide bonds. The summed E-state index contributed by atoms with van der Waals surface area (Å²) in [5.41, 5.74) is 6.70. The van der Waals surface area contributed by atoms with E-state index in [-0.39, 0.29) is 0 Å². The minimum absolute atomic E-state index is 0.571. The number of halogens is 1. The zero-order valence-corrected chi connectivity index (χ0v) is 9.19. The van der Waals surface area contributed by atoms with E-state index in [1.54, 1.807) is 10.9 Å². The Bertz CT molecular complexity index is 449. The molecule has 0 aliphatic rings. The van der Waals surface area contributed by atoms with E-state index in [1.807, 2.05) is 25.1 Å². The van der Waals surface area contributed by atoms with Gasteiger partial charge in [-0.05, 0) is 35.0 Å². The lowest BCUT2D eigenvalue weighted by Crippen LogP contribution is -2.03. The SMILES string of the molecule is Cc1nn(-c2ccccn2)c(N)c1Br. The number of nitrogen functional groups attached to an aromatic ring is 1. The largest absolute Gasteiger partial charge is 0.383 e. The molecule has 72 valence electrons. The summed E-state index contributed by atoms with van der Waals surface area (Å²) in [6.07, 6.45) is 1.71. The van der Waals surface area contributed by atoms with Crippen molar-refractivity contribution < 1.29 is 0 Å². The first-order chi connectivity index (χ1) is 6.70. The Labute approximate surface area is 89.9 Å². The number of anilines is 1. The Morgan fingerprint density at radius 2 is 2.21 bits per heavy atom. The number of hydrogen-bond acceptors (Lipinski definition) is 3. The first-order valence-corrected chi connectivity index (χ1v) is 4.91. The molecule has 2 rings (SSSR count). The molecule has 0 spiro atoms. The second-order valence-electron chi connectivity index (χ2n) is 2.88. The van der Waals surface area contributed by atoms with E-state index < -0.39 is 0 Å². The van der Waals surface area contributed by atoms with Crippen LogP contribution in [-0.4, -0.2) is 14.8 Å². The fraction of sp³-hybridized carbons (Fsp3) is 0.111. The third-order valence-corrected chi connectivity index (χ3v) is 2.87. The van der Waals surface area contributed by atoms with Crippen molar-refractivity contribution in [2.24, 2.45) is 0 Å². The molecule has 2 N–H and O–H groups in total. The van der Waals surface area contributed by atoms with Gasteiger partial charge in [-0.1, -0.05) is 6.07 Å². The topological polar surface area (TPSA) is 56.7 Å². The van der Waals surface area contributed by atoms with Crippen LogP contribution in [0.4, 0.5) is 5.82 Å². The van der Waals surface area contributed by atoms with Gasteiger partial charge in [-0.25, -0.2) is 4.98 Å². The molecule has 0 saturated carbocycles. The van der Waals surface area contributed by atoms with Crippen molar-refractivity contribution in [1.82, 2.24) is 14.8 Å². The van der Waals surface area contributed by atoms with Crippen LogP contribution < -0.4 is 5.73 Å². The van der Waals surface area contributed by atoms with Gasteiger partial charge in [0.2, 0.25) is 0 Å². The van der Waals surface area contributed by atoms with Crippen molar-refractivity contribution in [1.29, 1.82) is 0 Å². The Morgan fingerprint density at radius 1 is 1.43 bits per heavy atom. The molecule has 0 radical (unpaired) electrons. The summed E-state index contributed by atoms with van der Waals surface area (Å²) < 4.78 is 2.43. The summed E-state index contributed by atoms with van der Waals surface area (Å²) >= 11 is 3.36. The van der Waals surface area contributed by atoms with E-state index in [4.69, 9.17) is 5.73 Å². The lowest BCUT2D eigenvalue weighted by atomic mass is 10.4. The molecule has 2 heterocycles. The van der Waals surface area contributed by atoms with Crippen LogP contribution in [0.2, 0.25) is 0 Å². The predicted molar refractivity (Wildman–Crippen MR) is 58.2 cm³/mol. The Morgan fingerprint density at radius 3 is 2.71 bits per heavy atom. The van der Waals surface area contributed by atoms with Crippen LogP contribution in [0.15, 0.2) is 28.9 Å². The Kier molecular flexibility index (Phi) is 2.25. The van der Waals surface area contributed by atoms with E-state index in [2.05, 4.69) is 26.0 Å². The minimum Gasteiger partial charge on any atom is -0.383 e. The highest BCUT2D eigenvalue weighted by molar-refractivity contribution is 9.10. The van der Waals surface area contributed by atoms with E-state index in [1.165, 1.54) is 0 Å². The van der Waals surface area contributed by atoms with E-state index >= 15 is 0 Å². The van der Waals surface area contributed by atoms with Crippen LogP contribution in [0.1, 0.15) is 5.69 Å². The van der Waals surface area contributed by atoms with Crippen molar-refractivity contribution in [2.45, 2.75) is 6.92 Å². The van der Waals surface area contributed by atoms with Gasteiger partial charge in [0.05, 0.1) is 10.2 Å². The molecular weight excluding hydrogens is 244 g/mol. The van der Waals surface area contributed by atoms with Gasteiger partial charge in [0, 0.05) is 6.20 Å². The number of nitrogens with zero attached hydrogens (tertiary/aromatic N) is 3. The fourth-order valence-corrected chi connectivity index (χ4v) is 1.43. The highest BCUT2D eigenvalue weighted by Gasteiger charge is 2.10. The van der Waals surface area contributed by atoms with E-state index in [9.17, 15) is 0 Å². The predicted octanol–water partition coefficient (Wildman–Crippen LogP) is 1.92. The van der Waals surface area contributed by atoms with Crippen LogP contribution in [0.5, 0.6) is 0 Å². The molecule has 0 fully saturated rings. The second kappa shape index (κ2) is 3.42. The number of aryl methyl sites for hydroxylation is 1. The summed E-state index contributed by atoms with van der Waals surface area (Å²) in [7, 11) is 0. The van der Waals surface area contributed by atoms with Gasteiger partial charge in [0.15, 0.2) is 5.82 Å². The average molecular weight is 253 g/mol. The Hall–Kier alpha value is -1.36. The zero-order chi connectivity index (χ0) is 10.1. The number of nitrogens with two attached hydrogens (primary N) is 1. The van der Waals surface area contributed by atoms with Crippen molar-refractivity contribution >= 4 is 21.7 Å². The van der Waals surface area contributed by atoms with Gasteiger partial charge in [-0.3, -0.25) is 0 Å². The molecule has 0 saturated heterocycles. The van der Waals surface area contributed by atoms with Crippen LogP contribution in [0.25, 0.3) is 5.82 Å². The number of pyridine rings is 1. The third kappa shape index (κ3) is 1.39. The molecule has 0 aromatic carbocycles. The van der Waals surface area contributed by atoms with E-state index in [0.717, 1.165) is 16.0 Å². The van der Waals surface area contributed by atoms with Crippen LogP contribution in [0.3, 0.4) is 0 Å². The molecule has 2 aromatic heterocycles. The van der Waals surface area contributed by atoms with Gasteiger partial charge in [0.25, 0.3) is 0 Å². The maximum absolute atomic E-state index is 5.85. The zero-order valence-electron chi connectivity index (χ0n) is 7.61. The van der Waals surface area contributed by atoms with Crippen molar-refractivity contribution in [2.75, 3.05) is 5.73 Å². The van der Waals surface area contributed by atoms with Crippen molar-refractivity contribution in [3.8, 4) is 5.82 Å². The smallest absolute Gasteiger partial charge is 0.155 e. The second-order valence-corrected chi connectivity index (χ2v) is 3.68. The van der Waals surface area contributed by atoms with Crippen LogP contribution in [-0.2, 0) is 0 Å². The molecule has 0 aliphatic heterocycles. The Balaban J connectivity index is 2.58. The monoisotopic (exact) mass is 252 g/mol. The molecule has 2 aromatic rings. The standard InChI is InChI=1S/C9H9BrN4/c1-6-8(10)9(11)14(13-6)7-4-2-3-5-12-7/h2-5H,11H2,1H3. The lowest BCUT2D eigenvalue weighted by Gasteiger charge is -2.01. The molecular formula is C9H9BrN4. The molecule has 4 nitrogen and oxygen atoms in total. The third-order valence-electron chi connectivity index (χ3n) is 1.89. The summed E-state index contributed by atoms with van der Waals surface area (Å²) in [5.74, 6) is 1.29. The highest BCUT2D eigenvalue weighted by Crippen LogP contribution is 2.24. The maximum atomic E-state index is 5.85. The summed E-state index contributed by atoms with van der Waals surface area (Å²) in [4.78, 5) is 4.16. The molecule has 0 bridgehead atoms. The van der Waals surface area contributed by atoms with Crippen LogP contribution in [0, 0.1) is 6.92 Å². The van der Waals surface area contributed by atoms with Gasteiger partial charge < -0.3 is 5.73 Å². The van der Waals surface area contributed by atoms with Gasteiger partial charge in [0.1, 0.15) is 5.82 Å². The maximum Gasteiger partial charge on any atom is 0.155 e. The quantitative estimate of drug-likeness (QED) is 0.844. The first kappa shape index (κ1) is 9.21. The number of aromatic nitrogens is 3. The van der Waals surface area contributed by atoms with Gasteiger partial charge >= 0.3 is 0 Å². The first-order valence-electron chi connectivity index (χ1n) is 4.12.